The molecule has 0 radical (unpaired) electrons. The minimum absolute atomic E-state index is 0.112. The number of ether oxygens (including phenoxy) is 1. The van der Waals surface area contributed by atoms with E-state index in [0.717, 1.165) is 19.3 Å². The average molecular weight is 268 g/mol. The molecular formula is C14H18ClNO2. The van der Waals surface area contributed by atoms with Crippen molar-refractivity contribution in [2.75, 3.05) is 13.2 Å². The van der Waals surface area contributed by atoms with Gasteiger partial charge in [-0.05, 0) is 38.0 Å². The molecule has 0 spiro atoms. The van der Waals surface area contributed by atoms with E-state index in [1.165, 1.54) is 0 Å². The molecule has 1 aliphatic carbocycles. The summed E-state index contributed by atoms with van der Waals surface area (Å²) < 4.78 is 5.36. The van der Waals surface area contributed by atoms with E-state index in [0.29, 0.717) is 29.5 Å². The second-order valence-corrected chi connectivity index (χ2v) is 5.15. The lowest BCUT2D eigenvalue weighted by molar-refractivity contribution is 0.0636. The van der Waals surface area contributed by atoms with E-state index in [1.807, 2.05) is 6.92 Å². The van der Waals surface area contributed by atoms with E-state index in [9.17, 15) is 4.79 Å². The number of nitrogens with two attached hydrogens (primary N) is 1. The van der Waals surface area contributed by atoms with Gasteiger partial charge < -0.3 is 10.5 Å². The van der Waals surface area contributed by atoms with Crippen LogP contribution < -0.4 is 10.5 Å². The highest BCUT2D eigenvalue weighted by Gasteiger charge is 2.43. The highest BCUT2D eigenvalue weighted by atomic mass is 35.5. The molecule has 1 fully saturated rings. The molecule has 0 aliphatic heterocycles. The summed E-state index contributed by atoms with van der Waals surface area (Å²) in [5.74, 6) is 0.729. The third kappa shape index (κ3) is 2.25. The van der Waals surface area contributed by atoms with E-state index in [2.05, 4.69) is 0 Å². The van der Waals surface area contributed by atoms with E-state index in [4.69, 9.17) is 22.1 Å². The molecule has 1 aromatic rings. The van der Waals surface area contributed by atoms with Crippen LogP contribution in [0.25, 0.3) is 0 Å². The Hall–Kier alpha value is -1.06. The van der Waals surface area contributed by atoms with Gasteiger partial charge in [0.15, 0.2) is 5.78 Å². The van der Waals surface area contributed by atoms with Crippen LogP contribution in [0.2, 0.25) is 5.02 Å². The monoisotopic (exact) mass is 267 g/mol. The van der Waals surface area contributed by atoms with Gasteiger partial charge in [-0.2, -0.15) is 0 Å². The quantitative estimate of drug-likeness (QED) is 0.835. The smallest absolute Gasteiger partial charge is 0.170 e. The summed E-state index contributed by atoms with van der Waals surface area (Å²) in [6, 6.07) is 5.21. The fraction of sp³-hybridized carbons (Fsp3) is 0.500. The first-order valence-electron chi connectivity index (χ1n) is 6.30. The van der Waals surface area contributed by atoms with Crippen LogP contribution >= 0.6 is 11.6 Å². The average Bonchev–Trinajstić information content (AvgIpc) is 2.31. The van der Waals surface area contributed by atoms with Crippen LogP contribution in [0.5, 0.6) is 5.75 Å². The maximum absolute atomic E-state index is 12.4. The molecule has 0 saturated heterocycles. The molecule has 0 bridgehead atoms. The third-order valence-electron chi connectivity index (χ3n) is 3.68. The van der Waals surface area contributed by atoms with Crippen molar-refractivity contribution < 1.29 is 9.53 Å². The van der Waals surface area contributed by atoms with Crippen molar-refractivity contribution in [3.63, 3.8) is 0 Å². The molecule has 0 unspecified atom stereocenters. The van der Waals surface area contributed by atoms with Gasteiger partial charge in [0.1, 0.15) is 5.75 Å². The number of ketones is 1. The fourth-order valence-electron chi connectivity index (χ4n) is 2.35. The second-order valence-electron chi connectivity index (χ2n) is 4.75. The zero-order valence-electron chi connectivity index (χ0n) is 10.5. The van der Waals surface area contributed by atoms with E-state index in [-0.39, 0.29) is 11.2 Å². The van der Waals surface area contributed by atoms with Crippen molar-refractivity contribution >= 4 is 17.4 Å². The molecular weight excluding hydrogens is 250 g/mol. The molecule has 0 aromatic heterocycles. The molecule has 1 aliphatic rings. The van der Waals surface area contributed by atoms with Crippen molar-refractivity contribution in [2.24, 2.45) is 11.1 Å². The number of rotatable bonds is 5. The van der Waals surface area contributed by atoms with Gasteiger partial charge in [-0.3, -0.25) is 4.79 Å². The number of hydrogen-bond acceptors (Lipinski definition) is 3. The summed E-state index contributed by atoms with van der Waals surface area (Å²) in [5.41, 5.74) is 6.03. The van der Waals surface area contributed by atoms with Crippen LogP contribution in [-0.4, -0.2) is 18.9 Å². The van der Waals surface area contributed by atoms with Crippen molar-refractivity contribution in [1.29, 1.82) is 0 Å². The molecule has 0 heterocycles. The van der Waals surface area contributed by atoms with Gasteiger partial charge in [0, 0.05) is 17.5 Å². The molecule has 1 aromatic carbocycles. The molecule has 2 rings (SSSR count). The van der Waals surface area contributed by atoms with Gasteiger partial charge in [0.05, 0.1) is 11.6 Å². The molecule has 98 valence electrons. The Balaban J connectivity index is 2.23. The highest BCUT2D eigenvalue weighted by Crippen LogP contribution is 2.43. The summed E-state index contributed by atoms with van der Waals surface area (Å²) in [6.07, 6.45) is 2.84. The van der Waals surface area contributed by atoms with E-state index < -0.39 is 0 Å². The number of Topliss-reactive ketones (excluding diaryl/α,β-unsaturated/α-hetero) is 1. The first-order chi connectivity index (χ1) is 8.63. The van der Waals surface area contributed by atoms with Crippen LogP contribution in [0.3, 0.4) is 0 Å². The van der Waals surface area contributed by atoms with Gasteiger partial charge in [-0.25, -0.2) is 0 Å². The molecule has 3 nitrogen and oxygen atoms in total. The van der Waals surface area contributed by atoms with E-state index in [1.54, 1.807) is 18.2 Å². The first kappa shape index (κ1) is 13.4. The van der Waals surface area contributed by atoms with Gasteiger partial charge in [0.25, 0.3) is 0 Å². The fourth-order valence-corrected chi connectivity index (χ4v) is 2.58. The van der Waals surface area contributed by atoms with Crippen molar-refractivity contribution in [2.45, 2.75) is 26.2 Å². The highest BCUT2D eigenvalue weighted by molar-refractivity contribution is 6.32. The molecule has 18 heavy (non-hydrogen) atoms. The standard InChI is InChI=1S/C14H18ClNO2/c1-2-18-12-5-4-10(8-11(12)15)13(17)14(9-16)6-3-7-14/h4-5,8H,2-3,6-7,9,16H2,1H3. The Morgan fingerprint density at radius 3 is 2.67 bits per heavy atom. The Morgan fingerprint density at radius 1 is 1.50 bits per heavy atom. The Kier molecular flexibility index (Phi) is 3.93. The third-order valence-corrected chi connectivity index (χ3v) is 3.97. The van der Waals surface area contributed by atoms with Crippen LogP contribution in [-0.2, 0) is 0 Å². The topological polar surface area (TPSA) is 52.3 Å². The summed E-state index contributed by atoms with van der Waals surface area (Å²) >= 11 is 6.10. The van der Waals surface area contributed by atoms with Gasteiger partial charge in [-0.1, -0.05) is 18.0 Å². The lowest BCUT2D eigenvalue weighted by Crippen LogP contribution is -2.44. The summed E-state index contributed by atoms with van der Waals surface area (Å²) in [7, 11) is 0. The van der Waals surface area contributed by atoms with Gasteiger partial charge >= 0.3 is 0 Å². The van der Waals surface area contributed by atoms with Crippen LogP contribution in [0, 0.1) is 5.41 Å². The molecule has 1 saturated carbocycles. The minimum Gasteiger partial charge on any atom is -0.492 e. The lowest BCUT2D eigenvalue weighted by Gasteiger charge is -2.39. The molecule has 0 amide bonds. The maximum atomic E-state index is 12.4. The molecule has 4 heteroatoms. The van der Waals surface area contributed by atoms with Crippen LogP contribution in [0.4, 0.5) is 0 Å². The van der Waals surface area contributed by atoms with Gasteiger partial charge in [0.2, 0.25) is 0 Å². The normalized spacial score (nSPS) is 17.1. The Bertz CT molecular complexity index is 450. The van der Waals surface area contributed by atoms with Gasteiger partial charge in [-0.15, -0.1) is 0 Å². The SMILES string of the molecule is CCOc1ccc(C(=O)C2(CN)CCC2)cc1Cl. The largest absolute Gasteiger partial charge is 0.492 e. The lowest BCUT2D eigenvalue weighted by atomic mass is 9.64. The second kappa shape index (κ2) is 5.29. The van der Waals surface area contributed by atoms with Crippen LogP contribution in [0.1, 0.15) is 36.5 Å². The van der Waals surface area contributed by atoms with Crippen LogP contribution in [0.15, 0.2) is 18.2 Å². The number of carbonyl (C=O) groups is 1. The Morgan fingerprint density at radius 2 is 2.22 bits per heavy atom. The van der Waals surface area contributed by atoms with Crippen molar-refractivity contribution in [3.05, 3.63) is 28.8 Å². The summed E-state index contributed by atoms with van der Waals surface area (Å²) in [6.45, 7) is 2.86. The Labute approximate surface area is 112 Å². The summed E-state index contributed by atoms with van der Waals surface area (Å²) in [5, 5.41) is 0.481. The maximum Gasteiger partial charge on any atom is 0.170 e. The number of benzene rings is 1. The predicted octanol–water partition coefficient (Wildman–Crippen LogP) is 3.05. The number of carbonyl (C=O) groups excluding carboxylic acids is 1. The minimum atomic E-state index is -0.351. The first-order valence-corrected chi connectivity index (χ1v) is 6.68. The zero-order chi connectivity index (χ0) is 13.2. The van der Waals surface area contributed by atoms with Crippen molar-refractivity contribution in [1.82, 2.24) is 0 Å². The summed E-state index contributed by atoms with van der Waals surface area (Å²) in [4.78, 5) is 12.4. The number of halogens is 1. The van der Waals surface area contributed by atoms with Crippen molar-refractivity contribution in [3.8, 4) is 5.75 Å². The molecule has 2 N–H and O–H groups in total. The zero-order valence-corrected chi connectivity index (χ0v) is 11.3. The molecule has 0 atom stereocenters. The number of hydrogen-bond donors (Lipinski definition) is 1. The predicted molar refractivity (Wildman–Crippen MR) is 72.3 cm³/mol. The van der Waals surface area contributed by atoms with E-state index >= 15 is 0 Å².